The number of ether oxygens (including phenoxy) is 2. The van der Waals surface area contributed by atoms with Gasteiger partial charge in [0.2, 0.25) is 0 Å². The molecule has 0 aliphatic rings. The molecule has 0 N–H and O–H groups in total. The molecule has 0 amide bonds. The summed E-state index contributed by atoms with van der Waals surface area (Å²) in [6.45, 7) is 11.5. The summed E-state index contributed by atoms with van der Waals surface area (Å²) in [6, 6.07) is 7.61. The van der Waals surface area contributed by atoms with Crippen LogP contribution in [0.15, 0.2) is 30.3 Å². The Morgan fingerprint density at radius 1 is 1.00 bits per heavy atom. The van der Waals surface area contributed by atoms with Crippen LogP contribution in [-0.4, -0.2) is 17.2 Å². The summed E-state index contributed by atoms with van der Waals surface area (Å²) >= 11 is 0. The van der Waals surface area contributed by atoms with Crippen molar-refractivity contribution in [1.29, 1.82) is 0 Å². The molecule has 1 aromatic carbocycles. The van der Waals surface area contributed by atoms with Crippen LogP contribution in [0.3, 0.4) is 0 Å². The molecule has 0 aliphatic heterocycles. The zero-order valence-electron chi connectivity index (χ0n) is 13.2. The van der Waals surface area contributed by atoms with Crippen LogP contribution in [0.5, 0.6) is 5.75 Å². The first kappa shape index (κ1) is 16.3. The molecule has 0 atom stereocenters. The minimum atomic E-state index is -0.483. The molecule has 0 saturated heterocycles. The summed E-state index contributed by atoms with van der Waals surface area (Å²) in [7, 11) is 0. The van der Waals surface area contributed by atoms with Crippen molar-refractivity contribution in [3.8, 4) is 5.75 Å². The predicted octanol–water partition coefficient (Wildman–Crippen LogP) is 4.22. The SMILES string of the molecule is CC(C)(C)OC(=O)/C=C/c1ccccc1OC(C)(C)C. The van der Waals surface area contributed by atoms with Crippen LogP contribution in [-0.2, 0) is 9.53 Å². The van der Waals surface area contributed by atoms with Crippen molar-refractivity contribution in [3.63, 3.8) is 0 Å². The second kappa shape index (κ2) is 6.12. The Morgan fingerprint density at radius 3 is 2.15 bits per heavy atom. The Labute approximate surface area is 121 Å². The topological polar surface area (TPSA) is 35.5 Å². The van der Waals surface area contributed by atoms with Gasteiger partial charge in [0.1, 0.15) is 17.0 Å². The molecule has 0 aliphatic carbocycles. The van der Waals surface area contributed by atoms with Gasteiger partial charge in [0.15, 0.2) is 0 Å². The van der Waals surface area contributed by atoms with Gasteiger partial charge in [-0.2, -0.15) is 0 Å². The maximum atomic E-state index is 11.7. The predicted molar refractivity (Wildman–Crippen MR) is 81.7 cm³/mol. The van der Waals surface area contributed by atoms with Crippen LogP contribution in [0.25, 0.3) is 6.08 Å². The maximum absolute atomic E-state index is 11.7. The molecule has 3 heteroatoms. The molecule has 0 bridgehead atoms. The highest BCUT2D eigenvalue weighted by molar-refractivity contribution is 5.87. The van der Waals surface area contributed by atoms with E-state index in [4.69, 9.17) is 9.47 Å². The number of benzene rings is 1. The van der Waals surface area contributed by atoms with E-state index < -0.39 is 5.60 Å². The molecular weight excluding hydrogens is 252 g/mol. The minimum Gasteiger partial charge on any atom is -0.488 e. The lowest BCUT2D eigenvalue weighted by molar-refractivity contribution is -0.148. The number of carbonyl (C=O) groups excluding carboxylic acids is 1. The van der Waals surface area contributed by atoms with Crippen LogP contribution < -0.4 is 4.74 Å². The zero-order chi connectivity index (χ0) is 15.4. The van der Waals surface area contributed by atoms with E-state index in [0.29, 0.717) is 0 Å². The van der Waals surface area contributed by atoms with Gasteiger partial charge in [0.05, 0.1) is 0 Å². The molecule has 0 aromatic heterocycles. The Bertz CT molecular complexity index is 488. The molecule has 1 rings (SSSR count). The van der Waals surface area contributed by atoms with Gasteiger partial charge in [-0.3, -0.25) is 0 Å². The summed E-state index contributed by atoms with van der Waals surface area (Å²) in [4.78, 5) is 11.7. The lowest BCUT2D eigenvalue weighted by Crippen LogP contribution is -2.23. The molecule has 0 saturated carbocycles. The molecular formula is C17H24O3. The molecule has 0 heterocycles. The van der Waals surface area contributed by atoms with Gasteiger partial charge < -0.3 is 9.47 Å². The Hall–Kier alpha value is -1.77. The molecule has 3 nitrogen and oxygen atoms in total. The van der Waals surface area contributed by atoms with Gasteiger partial charge in [-0.25, -0.2) is 4.79 Å². The number of para-hydroxylation sites is 1. The second-order valence-corrected chi connectivity index (χ2v) is 6.62. The number of hydrogen-bond donors (Lipinski definition) is 0. The fourth-order valence-electron chi connectivity index (χ4n) is 1.53. The molecule has 0 unspecified atom stereocenters. The second-order valence-electron chi connectivity index (χ2n) is 6.62. The molecule has 0 spiro atoms. The van der Waals surface area contributed by atoms with Crippen molar-refractivity contribution in [2.24, 2.45) is 0 Å². The smallest absolute Gasteiger partial charge is 0.331 e. The van der Waals surface area contributed by atoms with Gasteiger partial charge in [-0.15, -0.1) is 0 Å². The van der Waals surface area contributed by atoms with Crippen molar-refractivity contribution in [2.45, 2.75) is 52.7 Å². The summed E-state index contributed by atoms with van der Waals surface area (Å²) in [6.07, 6.45) is 3.14. The van der Waals surface area contributed by atoms with Crippen LogP contribution in [0.1, 0.15) is 47.1 Å². The minimum absolute atomic E-state index is 0.282. The summed E-state index contributed by atoms with van der Waals surface area (Å²) in [5.74, 6) is 0.392. The highest BCUT2D eigenvalue weighted by Crippen LogP contribution is 2.24. The third-order valence-corrected chi connectivity index (χ3v) is 2.14. The highest BCUT2D eigenvalue weighted by Gasteiger charge is 2.15. The Morgan fingerprint density at radius 2 is 1.60 bits per heavy atom. The van der Waals surface area contributed by atoms with E-state index >= 15 is 0 Å². The summed E-state index contributed by atoms with van der Waals surface area (Å²) < 4.78 is 11.1. The molecule has 110 valence electrons. The first-order valence-corrected chi connectivity index (χ1v) is 6.76. The van der Waals surface area contributed by atoms with E-state index in [1.54, 1.807) is 6.08 Å². The third-order valence-electron chi connectivity index (χ3n) is 2.14. The van der Waals surface area contributed by atoms with Gasteiger partial charge in [0.25, 0.3) is 0 Å². The summed E-state index contributed by atoms with van der Waals surface area (Å²) in [5, 5.41) is 0. The van der Waals surface area contributed by atoms with Crippen molar-refractivity contribution >= 4 is 12.0 Å². The summed E-state index contributed by atoms with van der Waals surface area (Å²) in [5.41, 5.74) is 0.0897. The third kappa shape index (κ3) is 6.41. The van der Waals surface area contributed by atoms with Crippen molar-refractivity contribution in [1.82, 2.24) is 0 Å². The highest BCUT2D eigenvalue weighted by atomic mass is 16.6. The largest absolute Gasteiger partial charge is 0.488 e. The van der Waals surface area contributed by atoms with E-state index in [1.807, 2.05) is 65.8 Å². The number of hydrogen-bond acceptors (Lipinski definition) is 3. The van der Waals surface area contributed by atoms with Crippen LogP contribution in [0.4, 0.5) is 0 Å². The first-order chi connectivity index (χ1) is 9.07. The van der Waals surface area contributed by atoms with Gasteiger partial charge in [0, 0.05) is 11.6 Å². The van der Waals surface area contributed by atoms with E-state index in [1.165, 1.54) is 6.08 Å². The fraction of sp³-hybridized carbons (Fsp3) is 0.471. The van der Waals surface area contributed by atoms with E-state index in [0.717, 1.165) is 11.3 Å². The quantitative estimate of drug-likeness (QED) is 0.612. The molecule has 20 heavy (non-hydrogen) atoms. The first-order valence-electron chi connectivity index (χ1n) is 6.76. The Balaban J connectivity index is 2.85. The lowest BCUT2D eigenvalue weighted by atomic mass is 10.1. The van der Waals surface area contributed by atoms with Gasteiger partial charge in [-0.1, -0.05) is 18.2 Å². The van der Waals surface area contributed by atoms with Crippen molar-refractivity contribution in [2.75, 3.05) is 0 Å². The van der Waals surface area contributed by atoms with E-state index in [2.05, 4.69) is 0 Å². The molecule has 0 radical (unpaired) electrons. The average molecular weight is 276 g/mol. The van der Waals surface area contributed by atoms with Crippen molar-refractivity contribution < 1.29 is 14.3 Å². The van der Waals surface area contributed by atoms with E-state index in [-0.39, 0.29) is 11.6 Å². The zero-order valence-corrected chi connectivity index (χ0v) is 13.2. The standard InChI is InChI=1S/C17H24O3/c1-16(2,3)19-14-10-8-7-9-13(14)11-12-15(18)20-17(4,5)6/h7-12H,1-6H3/b12-11+. The number of carbonyl (C=O) groups is 1. The number of esters is 1. The van der Waals surface area contributed by atoms with Gasteiger partial charge >= 0.3 is 5.97 Å². The fourth-order valence-corrected chi connectivity index (χ4v) is 1.53. The van der Waals surface area contributed by atoms with E-state index in [9.17, 15) is 4.79 Å². The molecule has 0 fully saturated rings. The van der Waals surface area contributed by atoms with Crippen LogP contribution >= 0.6 is 0 Å². The maximum Gasteiger partial charge on any atom is 0.331 e. The van der Waals surface area contributed by atoms with Crippen LogP contribution in [0.2, 0.25) is 0 Å². The van der Waals surface area contributed by atoms with Crippen LogP contribution in [0, 0.1) is 0 Å². The molecule has 1 aromatic rings. The normalized spacial score (nSPS) is 12.5. The lowest BCUT2D eigenvalue weighted by Gasteiger charge is -2.22. The monoisotopic (exact) mass is 276 g/mol. The van der Waals surface area contributed by atoms with Crippen molar-refractivity contribution in [3.05, 3.63) is 35.9 Å². The number of rotatable bonds is 3. The van der Waals surface area contributed by atoms with Gasteiger partial charge in [-0.05, 0) is 53.7 Å². The Kier molecular flexibility index (Phi) is 4.98. The average Bonchev–Trinajstić information content (AvgIpc) is 2.23.